The summed E-state index contributed by atoms with van der Waals surface area (Å²) in [6, 6.07) is 0. The third kappa shape index (κ3) is 11.8. The molecule has 0 fully saturated rings. The van der Waals surface area contributed by atoms with Crippen LogP contribution in [0, 0.1) is 0 Å². The average molecular weight is 312 g/mol. The Balaban J connectivity index is 0. The Morgan fingerprint density at radius 2 is 1.00 bits per heavy atom. The summed E-state index contributed by atoms with van der Waals surface area (Å²) in [7, 11) is -3.36. The van der Waals surface area contributed by atoms with Gasteiger partial charge in [-0.05, 0) is 19.3 Å². The van der Waals surface area contributed by atoms with Crippen LogP contribution in [0.15, 0.2) is 0 Å². The molecule has 0 aliphatic rings. The van der Waals surface area contributed by atoms with E-state index in [9.17, 15) is 4.80 Å². The van der Waals surface area contributed by atoms with Crippen molar-refractivity contribution in [2.75, 3.05) is 19.8 Å². The van der Waals surface area contributed by atoms with Crippen molar-refractivity contribution < 1.29 is 39.8 Å². The minimum Gasteiger partial charge on any atom is -0.367 e. The molecule has 0 amide bonds. The van der Waals surface area contributed by atoms with Crippen LogP contribution in [0.3, 0.4) is 0 Å². The summed E-state index contributed by atoms with van der Waals surface area (Å²) >= 11 is 0. The Hall–Kier alpha value is 0.771. The summed E-state index contributed by atoms with van der Waals surface area (Å²) < 4.78 is 16.2. The predicted octanol–water partition coefficient (Wildman–Crippen LogP) is 2.86. The Bertz CT molecular complexity index is 146. The molecule has 0 radical (unpaired) electrons. The maximum atomic E-state index is 10.2. The topological polar surface area (TPSA) is 47.9 Å². The van der Waals surface area contributed by atoms with Gasteiger partial charge in [-0.1, -0.05) is 40.0 Å². The van der Waals surface area contributed by atoms with E-state index in [-0.39, 0.29) is 21.7 Å². The van der Waals surface area contributed by atoms with Gasteiger partial charge in [0.25, 0.3) is 0 Å². The van der Waals surface area contributed by atoms with E-state index in [1.54, 1.807) is 0 Å². The molecule has 0 aliphatic carbocycles. The molecule has 1 N–H and O–H groups in total. The van der Waals surface area contributed by atoms with Gasteiger partial charge in [-0.2, -0.15) is 0 Å². The fourth-order valence-electron chi connectivity index (χ4n) is 1.16. The van der Waals surface area contributed by atoms with E-state index in [1.807, 2.05) is 0 Å². The van der Waals surface area contributed by atoms with E-state index in [1.165, 1.54) is 0 Å². The van der Waals surface area contributed by atoms with Crippen LogP contribution in [0.5, 0.6) is 0 Å². The third-order valence-corrected chi connectivity index (χ3v) is 4.05. The van der Waals surface area contributed by atoms with E-state index >= 15 is 0 Å². The Kier molecular flexibility index (Phi) is 16.6. The van der Waals surface area contributed by atoms with Crippen molar-refractivity contribution >= 4 is 9.05 Å². The van der Waals surface area contributed by atoms with Crippen molar-refractivity contribution in [2.45, 2.75) is 59.3 Å². The number of hydrogen-bond acceptors (Lipinski definition) is 4. The summed E-state index contributed by atoms with van der Waals surface area (Å²) in [6.45, 7) is 7.78. The Labute approximate surface area is 128 Å². The van der Waals surface area contributed by atoms with Gasteiger partial charge in [0.2, 0.25) is 0 Å². The molecule has 0 unspecified atom stereocenters. The van der Waals surface area contributed by atoms with Gasteiger partial charge in [0.1, 0.15) is 0 Å². The Morgan fingerprint density at radius 3 is 1.22 bits per heavy atom. The SMILES string of the molecule is CCCCO[Si](O)(OCCCC)OCCCC.[Ti]. The van der Waals surface area contributed by atoms with Crippen molar-refractivity contribution in [3.05, 3.63) is 0 Å². The predicted molar refractivity (Wildman–Crippen MR) is 70.6 cm³/mol. The number of unbranched alkanes of at least 4 members (excludes halogenated alkanes) is 3. The average Bonchev–Trinajstić information content (AvgIpc) is 2.30. The van der Waals surface area contributed by atoms with Gasteiger partial charge in [0.15, 0.2) is 0 Å². The molecule has 0 saturated carbocycles. The van der Waals surface area contributed by atoms with Crippen LogP contribution in [0.4, 0.5) is 0 Å². The van der Waals surface area contributed by atoms with Crippen molar-refractivity contribution in [1.82, 2.24) is 0 Å². The largest absolute Gasteiger partial charge is 0.676 e. The van der Waals surface area contributed by atoms with Gasteiger partial charge >= 0.3 is 9.05 Å². The van der Waals surface area contributed by atoms with Gasteiger partial charge < -0.3 is 18.1 Å². The molecular weight excluding hydrogens is 284 g/mol. The van der Waals surface area contributed by atoms with E-state index in [2.05, 4.69) is 20.8 Å². The zero-order valence-corrected chi connectivity index (χ0v) is 14.6. The zero-order chi connectivity index (χ0) is 13.0. The van der Waals surface area contributed by atoms with E-state index in [0.29, 0.717) is 19.8 Å². The van der Waals surface area contributed by atoms with Crippen LogP contribution in [-0.4, -0.2) is 33.7 Å². The van der Waals surface area contributed by atoms with Crippen molar-refractivity contribution in [3.63, 3.8) is 0 Å². The monoisotopic (exact) mass is 312 g/mol. The quantitative estimate of drug-likeness (QED) is 0.445. The van der Waals surface area contributed by atoms with Crippen molar-refractivity contribution in [3.8, 4) is 0 Å². The van der Waals surface area contributed by atoms with Crippen LogP contribution in [-0.2, 0) is 35.0 Å². The van der Waals surface area contributed by atoms with Gasteiger partial charge in [0.05, 0.1) is 0 Å². The van der Waals surface area contributed by atoms with E-state index in [0.717, 1.165) is 38.5 Å². The summed E-state index contributed by atoms with van der Waals surface area (Å²) in [5, 5.41) is 0. The first-order valence-electron chi connectivity index (χ1n) is 6.82. The molecule has 0 aromatic heterocycles. The van der Waals surface area contributed by atoms with Crippen molar-refractivity contribution in [2.24, 2.45) is 0 Å². The smallest absolute Gasteiger partial charge is 0.367 e. The Morgan fingerprint density at radius 1 is 0.722 bits per heavy atom. The third-order valence-electron chi connectivity index (χ3n) is 2.35. The number of hydrogen-bond donors (Lipinski definition) is 1. The molecule has 0 atom stereocenters. The minimum absolute atomic E-state index is 0. The van der Waals surface area contributed by atoms with E-state index < -0.39 is 9.05 Å². The van der Waals surface area contributed by atoms with Gasteiger partial charge in [0, 0.05) is 41.5 Å². The molecule has 6 heteroatoms. The molecule has 0 bridgehead atoms. The number of rotatable bonds is 12. The molecule has 108 valence electrons. The summed E-state index contributed by atoms with van der Waals surface area (Å²) in [5.74, 6) is 0. The first kappa shape index (κ1) is 21.1. The molecule has 0 heterocycles. The van der Waals surface area contributed by atoms with Gasteiger partial charge in [-0.15, -0.1) is 0 Å². The van der Waals surface area contributed by atoms with Gasteiger partial charge in [-0.3, -0.25) is 0 Å². The first-order valence-corrected chi connectivity index (χ1v) is 8.50. The van der Waals surface area contributed by atoms with Crippen LogP contribution in [0.2, 0.25) is 0 Å². The summed E-state index contributed by atoms with van der Waals surface area (Å²) in [4.78, 5) is 10.2. The maximum absolute atomic E-state index is 10.2. The molecule has 0 rings (SSSR count). The maximum Gasteiger partial charge on any atom is 0.676 e. The zero-order valence-electron chi connectivity index (χ0n) is 12.0. The van der Waals surface area contributed by atoms with Crippen LogP contribution in [0.25, 0.3) is 0 Å². The van der Waals surface area contributed by atoms with E-state index in [4.69, 9.17) is 13.3 Å². The molecule has 4 nitrogen and oxygen atoms in total. The fourth-order valence-corrected chi connectivity index (χ4v) is 2.62. The summed E-state index contributed by atoms with van der Waals surface area (Å²) in [6.07, 6.45) is 5.87. The first-order chi connectivity index (χ1) is 8.18. The second-order valence-corrected chi connectivity index (χ2v) is 6.04. The second kappa shape index (κ2) is 14.2. The fraction of sp³-hybridized carbons (Fsp3) is 1.00. The minimum atomic E-state index is -3.36. The molecule has 0 spiro atoms. The normalized spacial score (nSPS) is 11.3. The van der Waals surface area contributed by atoms with Crippen LogP contribution in [0.1, 0.15) is 59.3 Å². The second-order valence-electron chi connectivity index (χ2n) is 4.13. The molecular formula is C12H28O4SiTi. The standard InChI is InChI=1S/C12H28O4Si.Ti/c1-4-7-10-14-17(13,15-11-8-5-2)16-12-9-6-3;/h13H,4-12H2,1-3H3;. The molecule has 0 saturated heterocycles. The molecule has 18 heavy (non-hydrogen) atoms. The van der Waals surface area contributed by atoms with Crippen LogP contribution >= 0.6 is 0 Å². The molecule has 0 aromatic rings. The molecule has 0 aliphatic heterocycles. The van der Waals surface area contributed by atoms with Crippen molar-refractivity contribution in [1.29, 1.82) is 0 Å². The van der Waals surface area contributed by atoms with Gasteiger partial charge in [-0.25, -0.2) is 0 Å². The van der Waals surface area contributed by atoms with Crippen LogP contribution < -0.4 is 0 Å². The molecule has 0 aromatic carbocycles. The summed E-state index contributed by atoms with van der Waals surface area (Å²) in [5.41, 5.74) is 0.